The highest BCUT2D eigenvalue weighted by atomic mass is 32.2. The van der Waals surface area contributed by atoms with Gasteiger partial charge in [0, 0.05) is 5.39 Å². The van der Waals surface area contributed by atoms with E-state index in [1.807, 2.05) is 31.4 Å². The SMILES string of the molecule is CC(C)(C)OC(=O)CSc1nnc(N)n1-c1ccc(C2CC2)c2ccccc12. The predicted molar refractivity (Wildman–Crippen MR) is 112 cm³/mol. The van der Waals surface area contributed by atoms with Gasteiger partial charge in [-0.05, 0) is 56.5 Å². The van der Waals surface area contributed by atoms with Crippen LogP contribution in [0.4, 0.5) is 5.95 Å². The molecule has 3 aromatic rings. The zero-order chi connectivity index (χ0) is 19.9. The van der Waals surface area contributed by atoms with Crippen molar-refractivity contribution in [2.45, 2.75) is 50.3 Å². The number of nitrogens with two attached hydrogens (primary N) is 1. The van der Waals surface area contributed by atoms with Gasteiger partial charge in [0.2, 0.25) is 5.95 Å². The molecule has 0 saturated heterocycles. The summed E-state index contributed by atoms with van der Waals surface area (Å²) in [4.78, 5) is 12.1. The van der Waals surface area contributed by atoms with Crippen LogP contribution < -0.4 is 5.73 Å². The predicted octanol–water partition coefficient (Wildman–Crippen LogP) is 4.31. The summed E-state index contributed by atoms with van der Waals surface area (Å²) in [5.41, 5.74) is 7.94. The molecule has 2 aromatic carbocycles. The highest BCUT2D eigenvalue weighted by Gasteiger charge is 2.26. The highest BCUT2D eigenvalue weighted by Crippen LogP contribution is 2.44. The Bertz CT molecular complexity index is 1030. The summed E-state index contributed by atoms with van der Waals surface area (Å²) < 4.78 is 7.20. The maximum absolute atomic E-state index is 12.1. The van der Waals surface area contributed by atoms with Crippen molar-refractivity contribution in [1.29, 1.82) is 0 Å². The number of nitrogen functional groups attached to an aromatic ring is 1. The fourth-order valence-electron chi connectivity index (χ4n) is 3.35. The fraction of sp³-hybridized carbons (Fsp3) is 0.381. The average Bonchev–Trinajstić information content (AvgIpc) is 3.41. The van der Waals surface area contributed by atoms with E-state index >= 15 is 0 Å². The first kappa shape index (κ1) is 18.8. The summed E-state index contributed by atoms with van der Waals surface area (Å²) in [5.74, 6) is 0.807. The summed E-state index contributed by atoms with van der Waals surface area (Å²) in [6.45, 7) is 5.55. The molecule has 0 atom stereocenters. The van der Waals surface area contributed by atoms with E-state index in [0.29, 0.717) is 17.0 Å². The Labute approximate surface area is 168 Å². The van der Waals surface area contributed by atoms with Crippen LogP contribution >= 0.6 is 11.8 Å². The summed E-state index contributed by atoms with van der Waals surface area (Å²) in [7, 11) is 0. The number of hydrogen-bond donors (Lipinski definition) is 1. The van der Waals surface area contributed by atoms with E-state index in [1.165, 1.54) is 35.6 Å². The Morgan fingerprint density at radius 2 is 1.89 bits per heavy atom. The molecule has 0 unspecified atom stereocenters. The monoisotopic (exact) mass is 396 g/mol. The Morgan fingerprint density at radius 1 is 1.18 bits per heavy atom. The molecular formula is C21H24N4O2S. The number of rotatable bonds is 5. The number of fused-ring (bicyclic) bond motifs is 1. The number of hydrogen-bond acceptors (Lipinski definition) is 6. The van der Waals surface area contributed by atoms with Crippen molar-refractivity contribution < 1.29 is 9.53 Å². The van der Waals surface area contributed by atoms with Crippen LogP contribution in [0, 0.1) is 0 Å². The lowest BCUT2D eigenvalue weighted by Gasteiger charge is -2.19. The Kier molecular flexibility index (Phi) is 4.79. The van der Waals surface area contributed by atoms with Crippen molar-refractivity contribution >= 4 is 34.5 Å². The van der Waals surface area contributed by atoms with Gasteiger partial charge in [0.1, 0.15) is 5.60 Å². The lowest BCUT2D eigenvalue weighted by Crippen LogP contribution is -2.25. The fourth-order valence-corrected chi connectivity index (χ4v) is 4.07. The van der Waals surface area contributed by atoms with Gasteiger partial charge in [-0.2, -0.15) is 0 Å². The molecule has 7 heteroatoms. The van der Waals surface area contributed by atoms with E-state index in [9.17, 15) is 4.79 Å². The van der Waals surface area contributed by atoms with Gasteiger partial charge in [-0.15, -0.1) is 10.2 Å². The van der Waals surface area contributed by atoms with Gasteiger partial charge in [0.25, 0.3) is 0 Å². The third-order valence-electron chi connectivity index (χ3n) is 4.59. The largest absolute Gasteiger partial charge is 0.459 e. The van der Waals surface area contributed by atoms with Crippen LogP contribution in [0.2, 0.25) is 0 Å². The van der Waals surface area contributed by atoms with Crippen LogP contribution in [-0.2, 0) is 9.53 Å². The molecule has 6 nitrogen and oxygen atoms in total. The lowest BCUT2D eigenvalue weighted by molar-refractivity contribution is -0.151. The van der Waals surface area contributed by atoms with Gasteiger partial charge in [-0.1, -0.05) is 42.1 Å². The molecule has 4 rings (SSSR count). The zero-order valence-corrected chi connectivity index (χ0v) is 17.1. The van der Waals surface area contributed by atoms with E-state index in [0.717, 1.165) is 11.1 Å². The first-order valence-electron chi connectivity index (χ1n) is 9.41. The molecule has 0 aliphatic heterocycles. The molecule has 28 heavy (non-hydrogen) atoms. The van der Waals surface area contributed by atoms with Crippen LogP contribution in [0.25, 0.3) is 16.5 Å². The summed E-state index contributed by atoms with van der Waals surface area (Å²) in [6.07, 6.45) is 2.49. The van der Waals surface area contributed by atoms with Gasteiger partial charge in [-0.25, -0.2) is 0 Å². The van der Waals surface area contributed by atoms with Crippen molar-refractivity contribution in [3.63, 3.8) is 0 Å². The third-order valence-corrected chi connectivity index (χ3v) is 5.49. The lowest BCUT2D eigenvalue weighted by atomic mass is 9.99. The molecule has 0 amide bonds. The zero-order valence-electron chi connectivity index (χ0n) is 16.3. The number of anilines is 1. The summed E-state index contributed by atoms with van der Waals surface area (Å²) in [6, 6.07) is 12.6. The number of thioether (sulfide) groups is 1. The van der Waals surface area contributed by atoms with Gasteiger partial charge in [0.15, 0.2) is 5.16 Å². The number of benzene rings is 2. The second-order valence-corrected chi connectivity index (χ2v) is 8.99. The molecule has 0 radical (unpaired) electrons. The molecule has 1 fully saturated rings. The molecule has 0 spiro atoms. The molecule has 1 heterocycles. The van der Waals surface area contributed by atoms with Crippen LogP contribution in [0.1, 0.15) is 45.1 Å². The van der Waals surface area contributed by atoms with E-state index in [-0.39, 0.29) is 11.7 Å². The minimum Gasteiger partial charge on any atom is -0.459 e. The molecular weight excluding hydrogens is 372 g/mol. The van der Waals surface area contributed by atoms with Gasteiger partial charge in [-0.3, -0.25) is 9.36 Å². The second-order valence-electron chi connectivity index (χ2n) is 8.05. The maximum Gasteiger partial charge on any atom is 0.316 e. The molecule has 1 saturated carbocycles. The molecule has 1 aliphatic rings. The van der Waals surface area contributed by atoms with Crippen LogP contribution in [0.3, 0.4) is 0 Å². The van der Waals surface area contributed by atoms with Crippen molar-refractivity contribution in [2.75, 3.05) is 11.5 Å². The Hall–Kier alpha value is -2.54. The number of ether oxygens (including phenoxy) is 1. The minimum atomic E-state index is -0.515. The van der Waals surface area contributed by atoms with Gasteiger partial charge >= 0.3 is 5.97 Å². The van der Waals surface area contributed by atoms with Crippen LogP contribution in [-0.4, -0.2) is 32.1 Å². The maximum atomic E-state index is 12.1. The van der Waals surface area contributed by atoms with E-state index in [2.05, 4.69) is 40.5 Å². The Morgan fingerprint density at radius 3 is 2.57 bits per heavy atom. The molecule has 1 aromatic heterocycles. The third kappa shape index (κ3) is 3.85. The van der Waals surface area contributed by atoms with Crippen molar-refractivity contribution in [2.24, 2.45) is 0 Å². The topological polar surface area (TPSA) is 83.0 Å². The van der Waals surface area contributed by atoms with Crippen molar-refractivity contribution in [3.8, 4) is 5.69 Å². The van der Waals surface area contributed by atoms with Gasteiger partial charge < -0.3 is 10.5 Å². The Balaban J connectivity index is 1.68. The van der Waals surface area contributed by atoms with Crippen molar-refractivity contribution in [1.82, 2.24) is 14.8 Å². The number of nitrogens with zero attached hydrogens (tertiary/aromatic N) is 3. The normalized spacial score (nSPS) is 14.4. The number of esters is 1. The number of aromatic nitrogens is 3. The van der Waals surface area contributed by atoms with Crippen LogP contribution in [0.15, 0.2) is 41.6 Å². The van der Waals surface area contributed by atoms with E-state index in [1.54, 1.807) is 0 Å². The molecule has 2 N–H and O–H groups in total. The molecule has 146 valence electrons. The van der Waals surface area contributed by atoms with Crippen LogP contribution in [0.5, 0.6) is 0 Å². The summed E-state index contributed by atoms with van der Waals surface area (Å²) >= 11 is 1.28. The van der Waals surface area contributed by atoms with E-state index in [4.69, 9.17) is 10.5 Å². The standard InChI is InChI=1S/C21H24N4O2S/c1-21(2,3)27-18(26)12-28-20-24-23-19(22)25(20)17-11-10-14(13-8-9-13)15-6-4-5-7-16(15)17/h4-7,10-11,13H,8-9,12H2,1-3H3,(H2,22,23). The van der Waals surface area contributed by atoms with Crippen molar-refractivity contribution in [3.05, 3.63) is 42.0 Å². The first-order valence-corrected chi connectivity index (χ1v) is 10.4. The first-order chi connectivity index (χ1) is 13.3. The quantitative estimate of drug-likeness (QED) is 0.511. The number of carbonyl (C=O) groups is 1. The minimum absolute atomic E-state index is 0.146. The average molecular weight is 397 g/mol. The molecule has 1 aliphatic carbocycles. The van der Waals surface area contributed by atoms with E-state index < -0.39 is 5.60 Å². The smallest absolute Gasteiger partial charge is 0.316 e. The summed E-state index contributed by atoms with van der Waals surface area (Å²) in [5, 5.41) is 11.1. The highest BCUT2D eigenvalue weighted by molar-refractivity contribution is 7.99. The van der Waals surface area contributed by atoms with Gasteiger partial charge in [0.05, 0.1) is 11.4 Å². The second kappa shape index (κ2) is 7.13. The molecule has 0 bridgehead atoms. The number of carbonyl (C=O) groups excluding carboxylic acids is 1.